The first-order valence-electron chi connectivity index (χ1n) is 10.4. The van der Waals surface area contributed by atoms with Crippen LogP contribution in [0.4, 0.5) is 11.4 Å². The van der Waals surface area contributed by atoms with Crippen molar-refractivity contribution >= 4 is 17.3 Å². The Bertz CT molecular complexity index is 1450. The number of anilines is 2. The van der Waals surface area contributed by atoms with Crippen molar-refractivity contribution in [3.63, 3.8) is 0 Å². The maximum Gasteiger partial charge on any atom is 0.335 e. The predicted molar refractivity (Wildman–Crippen MR) is 124 cm³/mol. The van der Waals surface area contributed by atoms with Gasteiger partial charge in [0.25, 0.3) is 5.56 Å². The highest BCUT2D eigenvalue weighted by Crippen LogP contribution is 2.37. The highest BCUT2D eigenvalue weighted by molar-refractivity contribution is 5.89. The molecule has 170 valence electrons. The molecule has 1 aliphatic rings. The lowest BCUT2D eigenvalue weighted by Crippen LogP contribution is -2.24. The lowest BCUT2D eigenvalue weighted by molar-refractivity contribution is 0.0697. The van der Waals surface area contributed by atoms with Crippen LogP contribution >= 0.6 is 0 Å². The Hall–Kier alpha value is -4.79. The van der Waals surface area contributed by atoms with E-state index in [2.05, 4.69) is 10.4 Å². The van der Waals surface area contributed by atoms with Crippen molar-refractivity contribution in [2.24, 2.45) is 0 Å². The number of nitrogens with one attached hydrogen (secondary N) is 1. The summed E-state index contributed by atoms with van der Waals surface area (Å²) >= 11 is 0. The molecule has 0 fully saturated rings. The van der Waals surface area contributed by atoms with Crippen LogP contribution in [0.2, 0.25) is 0 Å². The van der Waals surface area contributed by atoms with Gasteiger partial charge in [0.05, 0.1) is 17.4 Å². The van der Waals surface area contributed by atoms with E-state index in [-0.39, 0.29) is 23.8 Å². The molecule has 1 aliphatic heterocycles. The first-order valence-corrected chi connectivity index (χ1v) is 10.4. The Balaban J connectivity index is 1.58. The van der Waals surface area contributed by atoms with Crippen molar-refractivity contribution in [3.05, 3.63) is 94.4 Å². The fraction of sp³-hybridized carbons (Fsp3) is 0.0800. The average molecular weight is 457 g/mol. The molecular formula is C25H19N3O6. The Kier molecular flexibility index (Phi) is 5.35. The second-order valence-corrected chi connectivity index (χ2v) is 7.56. The number of fused-ring (bicyclic) bond motifs is 1. The standard InChI is InChI=1S/C25H19N3O6/c1-15-5-7-18(8-6-15)28-24(29)23(27-17-4-2-3-16(11-17)25(30)31)22(13-26-28)34-19-9-10-20-21(12-19)33-14-32-20/h2-13,27H,14H2,1H3,(H,30,31). The van der Waals surface area contributed by atoms with Crippen LogP contribution in [0.5, 0.6) is 23.0 Å². The van der Waals surface area contributed by atoms with E-state index >= 15 is 0 Å². The van der Waals surface area contributed by atoms with Gasteiger partial charge in [-0.25, -0.2) is 4.79 Å². The number of carbonyl (C=O) groups is 1. The molecule has 0 radical (unpaired) electrons. The first kappa shape index (κ1) is 21.1. The highest BCUT2D eigenvalue weighted by atomic mass is 16.7. The molecule has 2 heterocycles. The number of ether oxygens (including phenoxy) is 3. The van der Waals surface area contributed by atoms with E-state index in [1.54, 1.807) is 42.5 Å². The van der Waals surface area contributed by atoms with Crippen LogP contribution in [0, 0.1) is 6.92 Å². The Labute approximate surface area is 193 Å². The Morgan fingerprint density at radius 3 is 2.65 bits per heavy atom. The lowest BCUT2D eigenvalue weighted by Gasteiger charge is -2.15. The molecule has 2 N–H and O–H groups in total. The molecule has 4 aromatic rings. The minimum atomic E-state index is -1.08. The van der Waals surface area contributed by atoms with Crippen molar-refractivity contribution in [2.45, 2.75) is 6.92 Å². The Morgan fingerprint density at radius 1 is 1.06 bits per heavy atom. The third kappa shape index (κ3) is 4.14. The lowest BCUT2D eigenvalue weighted by atomic mass is 10.2. The summed E-state index contributed by atoms with van der Waals surface area (Å²) in [5.74, 6) is 0.632. The second-order valence-electron chi connectivity index (χ2n) is 7.56. The maximum absolute atomic E-state index is 13.5. The van der Waals surface area contributed by atoms with Gasteiger partial charge in [0.15, 0.2) is 22.9 Å². The van der Waals surface area contributed by atoms with Gasteiger partial charge in [-0.3, -0.25) is 4.79 Å². The summed E-state index contributed by atoms with van der Waals surface area (Å²) in [6.45, 7) is 2.07. The van der Waals surface area contributed by atoms with Crippen molar-refractivity contribution < 1.29 is 24.1 Å². The molecule has 0 unspecified atom stereocenters. The van der Waals surface area contributed by atoms with Crippen LogP contribution in [-0.4, -0.2) is 27.6 Å². The summed E-state index contributed by atoms with van der Waals surface area (Å²) in [5.41, 5.74) is 1.74. The zero-order valence-electron chi connectivity index (χ0n) is 18.0. The third-order valence-electron chi connectivity index (χ3n) is 5.17. The predicted octanol–water partition coefficient (Wildman–Crippen LogP) is 4.50. The third-order valence-corrected chi connectivity index (χ3v) is 5.17. The SMILES string of the molecule is Cc1ccc(-n2ncc(Oc3ccc4c(c3)OCO4)c(Nc3cccc(C(=O)O)c3)c2=O)cc1. The highest BCUT2D eigenvalue weighted by Gasteiger charge is 2.18. The molecule has 5 rings (SSSR count). The fourth-order valence-corrected chi connectivity index (χ4v) is 3.44. The quantitative estimate of drug-likeness (QED) is 0.435. The van der Waals surface area contributed by atoms with Gasteiger partial charge >= 0.3 is 5.97 Å². The van der Waals surface area contributed by atoms with Gasteiger partial charge in [0.1, 0.15) is 5.75 Å². The van der Waals surface area contributed by atoms with Crippen LogP contribution in [0.25, 0.3) is 5.69 Å². The van der Waals surface area contributed by atoms with Crippen LogP contribution in [0.15, 0.2) is 77.7 Å². The van der Waals surface area contributed by atoms with Crippen LogP contribution in [0.1, 0.15) is 15.9 Å². The monoisotopic (exact) mass is 457 g/mol. The van der Waals surface area contributed by atoms with Crippen molar-refractivity contribution in [1.29, 1.82) is 0 Å². The average Bonchev–Trinajstić information content (AvgIpc) is 3.30. The van der Waals surface area contributed by atoms with E-state index in [0.717, 1.165) is 5.56 Å². The molecule has 0 atom stereocenters. The number of hydrogen-bond acceptors (Lipinski definition) is 7. The molecule has 0 saturated heterocycles. The molecule has 0 amide bonds. The summed E-state index contributed by atoms with van der Waals surface area (Å²) in [7, 11) is 0. The van der Waals surface area contributed by atoms with Gasteiger partial charge in [-0.15, -0.1) is 0 Å². The summed E-state index contributed by atoms with van der Waals surface area (Å²) < 4.78 is 17.9. The molecule has 9 heteroatoms. The number of carboxylic acid groups (broad SMARTS) is 1. The maximum atomic E-state index is 13.5. The van der Waals surface area contributed by atoms with E-state index in [1.165, 1.54) is 23.0 Å². The summed E-state index contributed by atoms with van der Waals surface area (Å²) in [6.07, 6.45) is 1.43. The van der Waals surface area contributed by atoms with Gasteiger partial charge in [-0.1, -0.05) is 23.8 Å². The van der Waals surface area contributed by atoms with E-state index in [0.29, 0.717) is 28.6 Å². The van der Waals surface area contributed by atoms with Gasteiger partial charge in [0, 0.05) is 11.8 Å². The van der Waals surface area contributed by atoms with E-state index in [4.69, 9.17) is 14.2 Å². The van der Waals surface area contributed by atoms with Crippen molar-refractivity contribution in [3.8, 4) is 28.7 Å². The number of benzene rings is 3. The number of rotatable bonds is 6. The molecule has 0 spiro atoms. The van der Waals surface area contributed by atoms with Crippen LogP contribution < -0.4 is 25.1 Å². The zero-order chi connectivity index (χ0) is 23.7. The molecular weight excluding hydrogens is 438 g/mol. The van der Waals surface area contributed by atoms with E-state index in [1.807, 2.05) is 19.1 Å². The number of nitrogens with zero attached hydrogens (tertiary/aromatic N) is 2. The number of aryl methyl sites for hydroxylation is 1. The zero-order valence-corrected chi connectivity index (χ0v) is 18.0. The minimum absolute atomic E-state index is 0.0798. The summed E-state index contributed by atoms with van der Waals surface area (Å²) in [5, 5.41) is 16.6. The Morgan fingerprint density at radius 2 is 1.85 bits per heavy atom. The first-order chi connectivity index (χ1) is 16.5. The molecule has 3 aromatic carbocycles. The topological polar surface area (TPSA) is 112 Å². The number of carboxylic acids is 1. The molecule has 0 saturated carbocycles. The summed E-state index contributed by atoms with van der Waals surface area (Å²) in [6, 6.07) is 18.5. The normalized spacial score (nSPS) is 11.8. The van der Waals surface area contributed by atoms with Crippen molar-refractivity contribution in [2.75, 3.05) is 12.1 Å². The minimum Gasteiger partial charge on any atom is -0.478 e. The van der Waals surface area contributed by atoms with Gasteiger partial charge in [-0.05, 0) is 49.4 Å². The number of hydrogen-bond donors (Lipinski definition) is 2. The number of aromatic carboxylic acids is 1. The van der Waals surface area contributed by atoms with Gasteiger partial charge < -0.3 is 24.6 Å². The van der Waals surface area contributed by atoms with E-state index < -0.39 is 11.5 Å². The van der Waals surface area contributed by atoms with Gasteiger partial charge in [-0.2, -0.15) is 9.78 Å². The summed E-state index contributed by atoms with van der Waals surface area (Å²) in [4.78, 5) is 24.9. The van der Waals surface area contributed by atoms with Crippen molar-refractivity contribution in [1.82, 2.24) is 9.78 Å². The van der Waals surface area contributed by atoms with E-state index in [9.17, 15) is 14.7 Å². The van der Waals surface area contributed by atoms with Crippen LogP contribution in [0.3, 0.4) is 0 Å². The van der Waals surface area contributed by atoms with Gasteiger partial charge in [0.2, 0.25) is 6.79 Å². The fourth-order valence-electron chi connectivity index (χ4n) is 3.44. The molecule has 9 nitrogen and oxygen atoms in total. The van der Waals surface area contributed by atoms with Crippen LogP contribution in [-0.2, 0) is 0 Å². The largest absolute Gasteiger partial charge is 0.478 e. The second kappa shape index (κ2) is 8.62. The molecule has 0 aliphatic carbocycles. The molecule has 34 heavy (non-hydrogen) atoms. The smallest absolute Gasteiger partial charge is 0.335 e. The molecule has 1 aromatic heterocycles. The number of aromatic nitrogens is 2. The molecule has 0 bridgehead atoms.